The minimum absolute atomic E-state index is 0.0981. The number of rotatable bonds is 2. The van der Waals surface area contributed by atoms with Crippen LogP contribution in [-0.2, 0) is 16.2 Å². The first-order chi connectivity index (χ1) is 7.36. The molecule has 0 heterocycles. The van der Waals surface area contributed by atoms with Crippen LogP contribution < -0.4 is 0 Å². The number of benzene rings is 1. The Morgan fingerprint density at radius 3 is 2.12 bits per heavy atom. The lowest BCUT2D eigenvalue weighted by Crippen LogP contribution is -2.12. The molecule has 1 aromatic carbocycles. The Balaban J connectivity index is 2.97. The smallest absolute Gasteiger partial charge is 0.123 e. The molecule has 0 amide bonds. The zero-order valence-corrected chi connectivity index (χ0v) is 11.0. The molecule has 0 spiro atoms. The molecular weight excluding hydrogens is 218 g/mol. The Kier molecular flexibility index (Phi) is 3.88. The summed E-state index contributed by atoms with van der Waals surface area (Å²) < 4.78 is 11.8. The lowest BCUT2D eigenvalue weighted by Gasteiger charge is -2.19. The first-order valence-corrected chi connectivity index (χ1v) is 6.48. The molecule has 0 bridgehead atoms. The van der Waals surface area contributed by atoms with Crippen molar-refractivity contribution in [1.82, 2.24) is 0 Å². The number of nitriles is 1. The predicted octanol–water partition coefficient (Wildman–Crippen LogP) is 3.00. The molecule has 2 atom stereocenters. The van der Waals surface area contributed by atoms with Gasteiger partial charge in [-0.25, -0.2) is 0 Å². The van der Waals surface area contributed by atoms with Gasteiger partial charge < -0.3 is 0 Å². The topological polar surface area (TPSA) is 40.9 Å². The van der Waals surface area contributed by atoms with Gasteiger partial charge in [-0.2, -0.15) is 5.26 Å². The van der Waals surface area contributed by atoms with Gasteiger partial charge in [0, 0.05) is 4.90 Å². The van der Waals surface area contributed by atoms with Gasteiger partial charge in [-0.15, -0.1) is 0 Å². The average Bonchev–Trinajstić information content (AvgIpc) is 2.26. The van der Waals surface area contributed by atoms with Crippen LogP contribution in [0.25, 0.3) is 0 Å². The van der Waals surface area contributed by atoms with Crippen molar-refractivity contribution in [3.63, 3.8) is 0 Å². The van der Waals surface area contributed by atoms with E-state index in [1.54, 1.807) is 6.92 Å². The number of hydrogen-bond acceptors (Lipinski definition) is 2. The second kappa shape index (κ2) is 4.80. The molecule has 1 rings (SSSR count). The Bertz CT molecular complexity index is 423. The van der Waals surface area contributed by atoms with Gasteiger partial charge in [-0.3, -0.25) is 4.21 Å². The highest BCUT2D eigenvalue weighted by Crippen LogP contribution is 2.23. The van der Waals surface area contributed by atoms with Crippen LogP contribution in [-0.4, -0.2) is 9.46 Å². The summed E-state index contributed by atoms with van der Waals surface area (Å²) in [7, 11) is -1.22. The second-order valence-electron chi connectivity index (χ2n) is 4.84. The molecular formula is C13H17NOS. The Morgan fingerprint density at radius 1 is 1.25 bits per heavy atom. The quantitative estimate of drug-likeness (QED) is 0.790. The lowest BCUT2D eigenvalue weighted by atomic mass is 9.87. The molecule has 0 aromatic heterocycles. The fourth-order valence-corrected chi connectivity index (χ4v) is 2.25. The van der Waals surface area contributed by atoms with E-state index in [1.165, 1.54) is 5.56 Å². The molecule has 0 N–H and O–H groups in total. The first kappa shape index (κ1) is 12.9. The Hall–Kier alpha value is -1.14. The number of hydrogen-bond donors (Lipinski definition) is 0. The summed E-state index contributed by atoms with van der Waals surface area (Å²) in [6, 6.07) is 9.68. The maximum absolute atomic E-state index is 11.8. The second-order valence-corrected chi connectivity index (χ2v) is 6.62. The van der Waals surface area contributed by atoms with E-state index in [0.717, 1.165) is 4.90 Å². The van der Waals surface area contributed by atoms with E-state index in [9.17, 15) is 4.21 Å². The maximum Gasteiger partial charge on any atom is 0.123 e. The van der Waals surface area contributed by atoms with Gasteiger partial charge in [-0.1, -0.05) is 32.9 Å². The van der Waals surface area contributed by atoms with Crippen LogP contribution in [0.4, 0.5) is 0 Å². The van der Waals surface area contributed by atoms with Crippen LogP contribution in [0.15, 0.2) is 29.2 Å². The zero-order valence-electron chi connectivity index (χ0n) is 10.2. The summed E-state index contributed by atoms with van der Waals surface area (Å²) in [6.07, 6.45) is 0. The maximum atomic E-state index is 11.8. The molecule has 0 aliphatic rings. The van der Waals surface area contributed by atoms with Crippen molar-refractivity contribution in [1.29, 1.82) is 5.26 Å². The number of nitrogens with zero attached hydrogens (tertiary/aromatic N) is 1. The fourth-order valence-electron chi connectivity index (χ4n) is 1.34. The van der Waals surface area contributed by atoms with Gasteiger partial charge >= 0.3 is 0 Å². The predicted molar refractivity (Wildman–Crippen MR) is 66.6 cm³/mol. The molecule has 2 nitrogen and oxygen atoms in total. The summed E-state index contributed by atoms with van der Waals surface area (Å²) in [5.74, 6) is 0. The monoisotopic (exact) mass is 235 g/mol. The molecule has 0 saturated carbocycles. The lowest BCUT2D eigenvalue weighted by molar-refractivity contribution is 0.589. The SMILES string of the molecule is CC(C#N)S(=O)c1ccc(C(C)(C)C)cc1. The van der Waals surface area contributed by atoms with Crippen molar-refractivity contribution in [3.05, 3.63) is 29.8 Å². The van der Waals surface area contributed by atoms with E-state index in [1.807, 2.05) is 30.3 Å². The highest BCUT2D eigenvalue weighted by Gasteiger charge is 2.16. The Labute approximate surface area is 99.8 Å². The van der Waals surface area contributed by atoms with E-state index < -0.39 is 16.0 Å². The van der Waals surface area contributed by atoms with E-state index in [2.05, 4.69) is 20.8 Å². The van der Waals surface area contributed by atoms with Crippen LogP contribution in [0, 0.1) is 11.3 Å². The molecule has 16 heavy (non-hydrogen) atoms. The summed E-state index contributed by atoms with van der Waals surface area (Å²) in [6.45, 7) is 8.08. The molecule has 1 aromatic rings. The van der Waals surface area contributed by atoms with Crippen LogP contribution >= 0.6 is 0 Å². The van der Waals surface area contributed by atoms with Gasteiger partial charge in [0.1, 0.15) is 5.25 Å². The molecule has 86 valence electrons. The van der Waals surface area contributed by atoms with Crippen molar-refractivity contribution in [2.75, 3.05) is 0 Å². The van der Waals surface area contributed by atoms with Crippen molar-refractivity contribution in [2.24, 2.45) is 0 Å². The van der Waals surface area contributed by atoms with Crippen LogP contribution in [0.5, 0.6) is 0 Å². The minimum atomic E-state index is -1.22. The third-order valence-electron chi connectivity index (χ3n) is 2.46. The van der Waals surface area contributed by atoms with Crippen LogP contribution in [0.3, 0.4) is 0 Å². The highest BCUT2D eigenvalue weighted by atomic mass is 32.2. The summed E-state index contributed by atoms with van der Waals surface area (Å²) in [4.78, 5) is 0.724. The van der Waals surface area contributed by atoms with E-state index in [0.29, 0.717) is 0 Å². The third-order valence-corrected chi connectivity index (χ3v) is 3.94. The van der Waals surface area contributed by atoms with E-state index >= 15 is 0 Å². The van der Waals surface area contributed by atoms with Crippen molar-refractivity contribution >= 4 is 10.8 Å². The molecule has 0 saturated heterocycles. The first-order valence-electron chi connectivity index (χ1n) is 5.27. The van der Waals surface area contributed by atoms with E-state index in [-0.39, 0.29) is 5.41 Å². The molecule has 0 aliphatic heterocycles. The third kappa shape index (κ3) is 2.93. The van der Waals surface area contributed by atoms with Crippen LogP contribution in [0.2, 0.25) is 0 Å². The van der Waals surface area contributed by atoms with E-state index in [4.69, 9.17) is 5.26 Å². The summed E-state index contributed by atoms with van der Waals surface area (Å²) in [5.41, 5.74) is 1.30. The summed E-state index contributed by atoms with van der Waals surface area (Å²) >= 11 is 0. The van der Waals surface area contributed by atoms with Gasteiger partial charge in [0.25, 0.3) is 0 Å². The normalized spacial score (nSPS) is 15.2. The molecule has 2 unspecified atom stereocenters. The van der Waals surface area contributed by atoms with Gasteiger partial charge in [0.15, 0.2) is 0 Å². The van der Waals surface area contributed by atoms with Crippen molar-refractivity contribution < 1.29 is 4.21 Å². The van der Waals surface area contributed by atoms with Gasteiger partial charge in [-0.05, 0) is 30.0 Å². The minimum Gasteiger partial charge on any atom is -0.253 e. The zero-order chi connectivity index (χ0) is 12.3. The average molecular weight is 235 g/mol. The molecule has 0 fully saturated rings. The molecule has 3 heteroatoms. The largest absolute Gasteiger partial charge is 0.253 e. The standard InChI is InChI=1S/C13H17NOS/c1-10(9-14)16(15)12-7-5-11(6-8-12)13(2,3)4/h5-8,10H,1-4H3. The highest BCUT2D eigenvalue weighted by molar-refractivity contribution is 7.86. The fraction of sp³-hybridized carbons (Fsp3) is 0.462. The van der Waals surface area contributed by atoms with Gasteiger partial charge in [0.2, 0.25) is 0 Å². The van der Waals surface area contributed by atoms with Crippen molar-refractivity contribution in [2.45, 2.75) is 43.3 Å². The van der Waals surface area contributed by atoms with Crippen molar-refractivity contribution in [3.8, 4) is 6.07 Å². The summed E-state index contributed by atoms with van der Waals surface area (Å²) in [5, 5.41) is 8.25. The van der Waals surface area contributed by atoms with Gasteiger partial charge in [0.05, 0.1) is 16.9 Å². The Morgan fingerprint density at radius 2 is 1.75 bits per heavy atom. The van der Waals surface area contributed by atoms with Crippen LogP contribution in [0.1, 0.15) is 33.3 Å². The molecule has 0 radical (unpaired) electrons. The molecule has 0 aliphatic carbocycles.